The monoisotopic (exact) mass is 545 g/mol. The minimum atomic E-state index is -0.970. The highest BCUT2D eigenvalue weighted by Crippen LogP contribution is 2.34. The first kappa shape index (κ1) is 27.8. The van der Waals surface area contributed by atoms with Crippen molar-refractivity contribution in [1.82, 2.24) is 9.55 Å². The summed E-state index contributed by atoms with van der Waals surface area (Å²) in [6, 6.07) is 28.6. The van der Waals surface area contributed by atoms with E-state index in [9.17, 15) is 14.7 Å². The lowest BCUT2D eigenvalue weighted by molar-refractivity contribution is 0.0696. The van der Waals surface area contributed by atoms with Crippen molar-refractivity contribution in [2.45, 2.75) is 53.0 Å². The van der Waals surface area contributed by atoms with Gasteiger partial charge in [-0.25, -0.2) is 9.78 Å². The number of aromatic nitrogens is 2. The number of aryl methyl sites for hydroxylation is 1. The lowest BCUT2D eigenvalue weighted by Gasteiger charge is -2.27. The number of hydrogen-bond donors (Lipinski definition) is 1. The molecular weight excluding hydrogens is 510 g/mol. The summed E-state index contributed by atoms with van der Waals surface area (Å²) in [7, 11) is 0. The number of aromatic carboxylic acids is 1. The Kier molecular flexibility index (Phi) is 8.02. The summed E-state index contributed by atoms with van der Waals surface area (Å²) in [5.74, 6) is -0.173. The summed E-state index contributed by atoms with van der Waals surface area (Å²) >= 11 is 0. The van der Waals surface area contributed by atoms with Crippen LogP contribution in [0.4, 0.5) is 5.69 Å². The topological polar surface area (TPSA) is 75.4 Å². The molecule has 0 atom stereocenters. The van der Waals surface area contributed by atoms with Crippen LogP contribution in [0.5, 0.6) is 0 Å². The second-order valence-corrected chi connectivity index (χ2v) is 10.6. The van der Waals surface area contributed by atoms with Gasteiger partial charge in [-0.3, -0.25) is 9.36 Å². The normalized spacial score (nSPS) is 11.2. The zero-order chi connectivity index (χ0) is 29.1. The molecule has 5 aromatic rings. The van der Waals surface area contributed by atoms with Crippen molar-refractivity contribution in [3.05, 3.63) is 114 Å². The molecule has 0 saturated heterocycles. The summed E-state index contributed by atoms with van der Waals surface area (Å²) in [6.07, 6.45) is 2.71. The SMILES string of the molecule is CCCCc1nc2ccc(N(C(=O)c3ccccc3)C(C)C)cc2n1-c1ccc(-c2ccccc2)c(C(=O)O)c1C. The second-order valence-electron chi connectivity index (χ2n) is 10.6. The predicted molar refractivity (Wildman–Crippen MR) is 165 cm³/mol. The number of imidazole rings is 1. The lowest BCUT2D eigenvalue weighted by atomic mass is 9.94. The Hall–Kier alpha value is -4.71. The third-order valence-electron chi connectivity index (χ3n) is 7.47. The maximum atomic E-state index is 13.6. The summed E-state index contributed by atoms with van der Waals surface area (Å²) in [5.41, 5.74) is 6.29. The van der Waals surface area contributed by atoms with Crippen LogP contribution in [0.1, 0.15) is 65.7 Å². The van der Waals surface area contributed by atoms with E-state index < -0.39 is 5.97 Å². The first-order chi connectivity index (χ1) is 19.8. The first-order valence-corrected chi connectivity index (χ1v) is 14.1. The zero-order valence-corrected chi connectivity index (χ0v) is 24.0. The van der Waals surface area contributed by atoms with Crippen molar-refractivity contribution in [3.8, 4) is 16.8 Å². The van der Waals surface area contributed by atoms with E-state index in [1.54, 1.807) is 4.90 Å². The van der Waals surface area contributed by atoms with Crippen molar-refractivity contribution < 1.29 is 14.7 Å². The molecule has 0 fully saturated rings. The molecule has 1 amide bonds. The van der Waals surface area contributed by atoms with E-state index in [0.717, 1.165) is 53.1 Å². The Labute approximate surface area is 240 Å². The van der Waals surface area contributed by atoms with Gasteiger partial charge in [0.25, 0.3) is 5.91 Å². The number of amides is 1. The van der Waals surface area contributed by atoms with Gasteiger partial charge in [0, 0.05) is 23.7 Å². The van der Waals surface area contributed by atoms with Gasteiger partial charge in [-0.15, -0.1) is 0 Å². The Balaban J connectivity index is 1.72. The number of hydrogen-bond acceptors (Lipinski definition) is 3. The van der Waals surface area contributed by atoms with E-state index in [4.69, 9.17) is 4.98 Å². The number of anilines is 1. The first-order valence-electron chi connectivity index (χ1n) is 14.1. The van der Waals surface area contributed by atoms with E-state index >= 15 is 0 Å². The fourth-order valence-electron chi connectivity index (χ4n) is 5.48. The molecule has 0 aliphatic rings. The van der Waals surface area contributed by atoms with E-state index in [0.29, 0.717) is 16.7 Å². The van der Waals surface area contributed by atoms with Crippen molar-refractivity contribution in [2.24, 2.45) is 0 Å². The molecule has 0 aliphatic carbocycles. The van der Waals surface area contributed by atoms with Gasteiger partial charge in [-0.2, -0.15) is 0 Å². The Morgan fingerprint density at radius 2 is 1.61 bits per heavy atom. The second kappa shape index (κ2) is 11.8. The molecule has 1 aromatic heterocycles. The van der Waals surface area contributed by atoms with Gasteiger partial charge in [-0.1, -0.05) is 67.9 Å². The van der Waals surface area contributed by atoms with E-state index in [1.807, 2.05) is 112 Å². The molecule has 0 radical (unpaired) electrons. The van der Waals surface area contributed by atoms with Gasteiger partial charge >= 0.3 is 5.97 Å². The third kappa shape index (κ3) is 5.38. The number of nitrogens with zero attached hydrogens (tertiary/aromatic N) is 3. The minimum absolute atomic E-state index is 0.0752. The average Bonchev–Trinajstić information content (AvgIpc) is 3.33. The highest BCUT2D eigenvalue weighted by Gasteiger charge is 2.24. The molecule has 0 unspecified atom stereocenters. The number of fused-ring (bicyclic) bond motifs is 1. The molecule has 41 heavy (non-hydrogen) atoms. The number of carboxylic acids is 1. The van der Waals surface area contributed by atoms with Crippen molar-refractivity contribution in [3.63, 3.8) is 0 Å². The smallest absolute Gasteiger partial charge is 0.336 e. The molecule has 4 aromatic carbocycles. The van der Waals surface area contributed by atoms with E-state index in [2.05, 4.69) is 11.5 Å². The van der Waals surface area contributed by atoms with Gasteiger partial charge in [0.2, 0.25) is 0 Å². The molecule has 0 spiro atoms. The van der Waals surface area contributed by atoms with Crippen LogP contribution in [-0.2, 0) is 6.42 Å². The minimum Gasteiger partial charge on any atom is -0.478 e. The van der Waals surface area contributed by atoms with Gasteiger partial charge in [-0.05, 0) is 80.3 Å². The van der Waals surface area contributed by atoms with Gasteiger partial charge in [0.15, 0.2) is 0 Å². The van der Waals surface area contributed by atoms with Crippen LogP contribution < -0.4 is 4.90 Å². The van der Waals surface area contributed by atoms with Crippen LogP contribution >= 0.6 is 0 Å². The van der Waals surface area contributed by atoms with Crippen LogP contribution in [0.3, 0.4) is 0 Å². The Bertz CT molecular complexity index is 1710. The van der Waals surface area contributed by atoms with Gasteiger partial charge in [0.1, 0.15) is 5.82 Å². The maximum absolute atomic E-state index is 13.6. The Morgan fingerprint density at radius 1 is 0.927 bits per heavy atom. The third-order valence-corrected chi connectivity index (χ3v) is 7.47. The zero-order valence-electron chi connectivity index (χ0n) is 24.0. The van der Waals surface area contributed by atoms with E-state index in [1.165, 1.54) is 0 Å². The van der Waals surface area contributed by atoms with E-state index in [-0.39, 0.29) is 17.5 Å². The molecule has 1 N–H and O–H groups in total. The van der Waals surface area contributed by atoms with Crippen LogP contribution in [-0.4, -0.2) is 32.6 Å². The van der Waals surface area contributed by atoms with Crippen molar-refractivity contribution in [2.75, 3.05) is 4.90 Å². The molecule has 6 nitrogen and oxygen atoms in total. The lowest BCUT2D eigenvalue weighted by Crippen LogP contribution is -2.37. The Morgan fingerprint density at radius 3 is 2.24 bits per heavy atom. The standard InChI is InChI=1S/C35H35N3O3/c1-5-6-17-32-36-29-20-18-27(37(23(2)3)34(39)26-15-11-8-12-16-26)22-31(29)38(32)30-21-19-28(25-13-9-7-10-14-25)33(24(30)4)35(40)41/h7-16,18-23H,5-6,17H2,1-4H3,(H,40,41). The summed E-state index contributed by atoms with van der Waals surface area (Å²) in [6.45, 7) is 8.01. The molecule has 5 rings (SSSR count). The fraction of sp³-hybridized carbons (Fsp3) is 0.229. The van der Waals surface area contributed by atoms with Crippen molar-refractivity contribution in [1.29, 1.82) is 0 Å². The highest BCUT2D eigenvalue weighted by molar-refractivity contribution is 6.07. The summed E-state index contributed by atoms with van der Waals surface area (Å²) in [5, 5.41) is 10.3. The molecule has 1 heterocycles. The quantitative estimate of drug-likeness (QED) is 0.203. The number of carbonyl (C=O) groups excluding carboxylic acids is 1. The number of carboxylic acid groups (broad SMARTS) is 1. The highest BCUT2D eigenvalue weighted by atomic mass is 16.4. The number of rotatable bonds is 9. The molecule has 208 valence electrons. The molecular formula is C35H35N3O3. The van der Waals surface area contributed by atoms with Crippen LogP contribution in [0.25, 0.3) is 27.8 Å². The summed E-state index contributed by atoms with van der Waals surface area (Å²) in [4.78, 5) is 33.0. The largest absolute Gasteiger partial charge is 0.478 e. The van der Waals surface area contributed by atoms with Gasteiger partial charge < -0.3 is 10.0 Å². The molecule has 0 aliphatic heterocycles. The summed E-state index contributed by atoms with van der Waals surface area (Å²) < 4.78 is 2.08. The number of benzene rings is 4. The maximum Gasteiger partial charge on any atom is 0.336 e. The van der Waals surface area contributed by atoms with Crippen molar-refractivity contribution >= 4 is 28.6 Å². The fourth-order valence-corrected chi connectivity index (χ4v) is 5.48. The number of carbonyl (C=O) groups is 2. The number of unbranched alkanes of at least 4 members (excludes halogenated alkanes) is 1. The van der Waals surface area contributed by atoms with Gasteiger partial charge in [0.05, 0.1) is 22.3 Å². The molecule has 6 heteroatoms. The average molecular weight is 546 g/mol. The predicted octanol–water partition coefficient (Wildman–Crippen LogP) is 8.10. The molecule has 0 saturated carbocycles. The van der Waals surface area contributed by atoms with Crippen LogP contribution in [0.15, 0.2) is 91.0 Å². The van der Waals surface area contributed by atoms with Crippen LogP contribution in [0, 0.1) is 6.92 Å². The van der Waals surface area contributed by atoms with Crippen LogP contribution in [0.2, 0.25) is 0 Å². The molecule has 0 bridgehead atoms.